The molecule has 1 aromatic carbocycles. The van der Waals surface area contributed by atoms with Crippen molar-refractivity contribution in [1.82, 2.24) is 5.32 Å². The average molecular weight is 286 g/mol. The lowest BCUT2D eigenvalue weighted by atomic mass is 10.1. The summed E-state index contributed by atoms with van der Waals surface area (Å²) in [5, 5.41) is 3.61. The number of aryl methyl sites for hydroxylation is 1. The summed E-state index contributed by atoms with van der Waals surface area (Å²) in [5.74, 6) is 2.58. The second kappa shape index (κ2) is 5.37. The summed E-state index contributed by atoms with van der Waals surface area (Å²) in [6, 6.07) is 7.27. The maximum Gasteiger partial charge on any atom is 0.0222 e. The number of thioether (sulfide) groups is 1. The molecule has 0 aliphatic carbocycles. The van der Waals surface area contributed by atoms with Crippen LogP contribution in [0.25, 0.3) is 0 Å². The topological polar surface area (TPSA) is 12.0 Å². The van der Waals surface area contributed by atoms with Gasteiger partial charge < -0.3 is 5.32 Å². The van der Waals surface area contributed by atoms with Crippen LogP contribution in [0.3, 0.4) is 0 Å². The Labute approximate surface area is 104 Å². The molecular formula is C12H16BrNS. The number of nitrogens with one attached hydrogen (secondary N) is 1. The fourth-order valence-electron chi connectivity index (χ4n) is 1.75. The van der Waals surface area contributed by atoms with E-state index in [9.17, 15) is 0 Å². The van der Waals surface area contributed by atoms with Gasteiger partial charge in [-0.25, -0.2) is 0 Å². The van der Waals surface area contributed by atoms with Gasteiger partial charge in [-0.2, -0.15) is 11.8 Å². The van der Waals surface area contributed by atoms with E-state index >= 15 is 0 Å². The number of hydrogen-bond acceptors (Lipinski definition) is 2. The van der Waals surface area contributed by atoms with Crippen LogP contribution in [0, 0.1) is 6.92 Å². The van der Waals surface area contributed by atoms with Crippen molar-refractivity contribution in [3.05, 3.63) is 33.8 Å². The zero-order valence-electron chi connectivity index (χ0n) is 8.92. The first kappa shape index (κ1) is 11.5. The van der Waals surface area contributed by atoms with Crippen molar-refractivity contribution >= 4 is 27.7 Å². The Morgan fingerprint density at radius 2 is 2.40 bits per heavy atom. The molecule has 1 aliphatic rings. The van der Waals surface area contributed by atoms with Gasteiger partial charge in [0, 0.05) is 22.8 Å². The molecule has 0 amide bonds. The van der Waals surface area contributed by atoms with Crippen LogP contribution >= 0.6 is 27.7 Å². The van der Waals surface area contributed by atoms with E-state index < -0.39 is 0 Å². The zero-order chi connectivity index (χ0) is 10.7. The van der Waals surface area contributed by atoms with Gasteiger partial charge in [0.15, 0.2) is 0 Å². The standard InChI is InChI=1S/C12H16BrNS/c1-9-2-3-10(12(13)6-9)7-14-11-4-5-15-8-11/h2-3,6,11,14H,4-5,7-8H2,1H3. The minimum Gasteiger partial charge on any atom is -0.309 e. The van der Waals surface area contributed by atoms with Gasteiger partial charge in [-0.05, 0) is 36.3 Å². The second-order valence-electron chi connectivity index (χ2n) is 4.04. The van der Waals surface area contributed by atoms with Crippen molar-refractivity contribution in [2.75, 3.05) is 11.5 Å². The summed E-state index contributed by atoms with van der Waals surface area (Å²) >= 11 is 5.66. The highest BCUT2D eigenvalue weighted by molar-refractivity contribution is 9.10. The summed E-state index contributed by atoms with van der Waals surface area (Å²) < 4.78 is 1.22. The van der Waals surface area contributed by atoms with Gasteiger partial charge in [-0.1, -0.05) is 28.1 Å². The first-order valence-electron chi connectivity index (χ1n) is 5.32. The second-order valence-corrected chi connectivity index (χ2v) is 6.04. The van der Waals surface area contributed by atoms with Crippen LogP contribution in [0.1, 0.15) is 17.5 Å². The maximum absolute atomic E-state index is 3.61. The van der Waals surface area contributed by atoms with E-state index in [1.165, 1.54) is 33.5 Å². The highest BCUT2D eigenvalue weighted by atomic mass is 79.9. The number of halogens is 1. The van der Waals surface area contributed by atoms with Crippen molar-refractivity contribution in [3.8, 4) is 0 Å². The molecule has 1 nitrogen and oxygen atoms in total. The van der Waals surface area contributed by atoms with E-state index in [0.29, 0.717) is 6.04 Å². The molecular weight excluding hydrogens is 270 g/mol. The summed E-state index contributed by atoms with van der Waals surface area (Å²) in [7, 11) is 0. The Morgan fingerprint density at radius 1 is 1.53 bits per heavy atom. The highest BCUT2D eigenvalue weighted by Gasteiger charge is 2.14. The quantitative estimate of drug-likeness (QED) is 0.914. The molecule has 1 aromatic rings. The van der Waals surface area contributed by atoms with Crippen LogP contribution < -0.4 is 5.32 Å². The Hall–Kier alpha value is 0.01000. The normalized spacial score (nSPS) is 20.8. The van der Waals surface area contributed by atoms with Crippen LogP contribution in [-0.2, 0) is 6.54 Å². The fraction of sp³-hybridized carbons (Fsp3) is 0.500. The molecule has 1 saturated heterocycles. The zero-order valence-corrected chi connectivity index (χ0v) is 11.3. The lowest BCUT2D eigenvalue weighted by molar-refractivity contribution is 0.557. The molecule has 0 radical (unpaired) electrons. The van der Waals surface area contributed by atoms with Crippen molar-refractivity contribution in [1.29, 1.82) is 0 Å². The third-order valence-corrected chi connectivity index (χ3v) is 4.62. The lowest BCUT2D eigenvalue weighted by Gasteiger charge is -2.12. The Bertz CT molecular complexity index is 334. The molecule has 0 saturated carbocycles. The number of hydrogen-bond donors (Lipinski definition) is 1. The third-order valence-electron chi connectivity index (χ3n) is 2.72. The van der Waals surface area contributed by atoms with Crippen molar-refractivity contribution in [2.24, 2.45) is 0 Å². The molecule has 0 spiro atoms. The molecule has 3 heteroatoms. The van der Waals surface area contributed by atoms with Gasteiger partial charge in [0.05, 0.1) is 0 Å². The fourth-order valence-corrected chi connectivity index (χ4v) is 3.57. The first-order valence-corrected chi connectivity index (χ1v) is 7.26. The van der Waals surface area contributed by atoms with Crippen LogP contribution in [0.4, 0.5) is 0 Å². The van der Waals surface area contributed by atoms with E-state index in [2.05, 4.69) is 46.4 Å². The molecule has 2 rings (SSSR count). The minimum absolute atomic E-state index is 0.711. The molecule has 1 heterocycles. The monoisotopic (exact) mass is 285 g/mol. The van der Waals surface area contributed by atoms with Gasteiger partial charge in [-0.15, -0.1) is 0 Å². The molecule has 1 unspecified atom stereocenters. The largest absolute Gasteiger partial charge is 0.309 e. The number of rotatable bonds is 3. The van der Waals surface area contributed by atoms with E-state index in [1.807, 2.05) is 11.8 Å². The predicted octanol–water partition coefficient (Wildman–Crippen LogP) is 3.35. The highest BCUT2D eigenvalue weighted by Crippen LogP contribution is 2.20. The Balaban J connectivity index is 1.92. The molecule has 1 atom stereocenters. The summed E-state index contributed by atoms with van der Waals surface area (Å²) in [6.45, 7) is 3.10. The van der Waals surface area contributed by atoms with E-state index in [0.717, 1.165) is 6.54 Å². The first-order chi connectivity index (χ1) is 7.25. The molecule has 1 N–H and O–H groups in total. The van der Waals surface area contributed by atoms with Crippen LogP contribution in [0.2, 0.25) is 0 Å². The van der Waals surface area contributed by atoms with Gasteiger partial charge in [0.1, 0.15) is 0 Å². The molecule has 82 valence electrons. The third kappa shape index (κ3) is 3.23. The van der Waals surface area contributed by atoms with Crippen LogP contribution in [0.15, 0.2) is 22.7 Å². The van der Waals surface area contributed by atoms with Gasteiger partial charge in [0.2, 0.25) is 0 Å². The molecule has 0 bridgehead atoms. The van der Waals surface area contributed by atoms with Crippen LogP contribution in [-0.4, -0.2) is 17.5 Å². The average Bonchev–Trinajstić information content (AvgIpc) is 2.69. The van der Waals surface area contributed by atoms with Crippen molar-refractivity contribution < 1.29 is 0 Å². The van der Waals surface area contributed by atoms with E-state index in [4.69, 9.17) is 0 Å². The Morgan fingerprint density at radius 3 is 3.07 bits per heavy atom. The van der Waals surface area contributed by atoms with E-state index in [1.54, 1.807) is 0 Å². The smallest absolute Gasteiger partial charge is 0.0222 e. The van der Waals surface area contributed by atoms with Crippen molar-refractivity contribution in [3.63, 3.8) is 0 Å². The van der Waals surface area contributed by atoms with Gasteiger partial charge >= 0.3 is 0 Å². The van der Waals surface area contributed by atoms with Gasteiger partial charge in [0.25, 0.3) is 0 Å². The minimum atomic E-state index is 0.711. The maximum atomic E-state index is 3.61. The van der Waals surface area contributed by atoms with Gasteiger partial charge in [-0.3, -0.25) is 0 Å². The SMILES string of the molecule is Cc1ccc(CNC2CCSC2)c(Br)c1. The lowest BCUT2D eigenvalue weighted by Crippen LogP contribution is -2.28. The molecule has 1 aliphatic heterocycles. The predicted molar refractivity (Wildman–Crippen MR) is 71.4 cm³/mol. The summed E-state index contributed by atoms with van der Waals surface area (Å²) in [5.41, 5.74) is 2.67. The summed E-state index contributed by atoms with van der Waals surface area (Å²) in [4.78, 5) is 0. The Kier molecular flexibility index (Phi) is 4.12. The van der Waals surface area contributed by atoms with Crippen LogP contribution in [0.5, 0.6) is 0 Å². The van der Waals surface area contributed by atoms with Crippen molar-refractivity contribution in [2.45, 2.75) is 25.9 Å². The van der Waals surface area contributed by atoms with E-state index in [-0.39, 0.29) is 0 Å². The summed E-state index contributed by atoms with van der Waals surface area (Å²) in [6.07, 6.45) is 1.31. The molecule has 1 fully saturated rings. The molecule has 0 aromatic heterocycles. The molecule has 15 heavy (non-hydrogen) atoms. The number of benzene rings is 1.